The van der Waals surface area contributed by atoms with Crippen molar-refractivity contribution in [3.63, 3.8) is 0 Å². The highest BCUT2D eigenvalue weighted by Crippen LogP contribution is 2.45. The number of methoxy groups -OCH3 is 1. The number of anilines is 1. The Morgan fingerprint density at radius 1 is 1.06 bits per heavy atom. The molecule has 0 aliphatic carbocycles. The minimum Gasteiger partial charge on any atom is -0.465 e. The number of esters is 1. The zero-order chi connectivity index (χ0) is 24.6. The van der Waals surface area contributed by atoms with Crippen LogP contribution in [0.25, 0.3) is 11.3 Å². The molecule has 0 amide bonds. The van der Waals surface area contributed by atoms with E-state index < -0.39 is 5.97 Å². The molecule has 2 aliphatic heterocycles. The first-order valence-electron chi connectivity index (χ1n) is 11.3. The fourth-order valence-corrected chi connectivity index (χ4v) is 4.95. The van der Waals surface area contributed by atoms with Gasteiger partial charge < -0.3 is 28.8 Å². The molecule has 0 spiro atoms. The van der Waals surface area contributed by atoms with E-state index in [2.05, 4.69) is 10.3 Å². The summed E-state index contributed by atoms with van der Waals surface area (Å²) < 4.78 is 22.4. The van der Waals surface area contributed by atoms with Gasteiger partial charge in [0.15, 0.2) is 16.6 Å². The quantitative estimate of drug-likeness (QED) is 0.300. The van der Waals surface area contributed by atoms with Gasteiger partial charge in [-0.05, 0) is 54.7 Å². The topological polar surface area (TPSA) is 86.1 Å². The fraction of sp³-hybridized carbons (Fsp3) is 0.148. The Labute approximate surface area is 212 Å². The van der Waals surface area contributed by atoms with Gasteiger partial charge in [0.2, 0.25) is 6.79 Å². The monoisotopic (exact) mass is 499 g/mol. The maximum atomic E-state index is 12.4. The number of rotatable bonds is 5. The molecule has 0 saturated carbocycles. The van der Waals surface area contributed by atoms with Crippen LogP contribution in [0.5, 0.6) is 11.5 Å². The van der Waals surface area contributed by atoms with Crippen LogP contribution in [0.2, 0.25) is 0 Å². The summed E-state index contributed by atoms with van der Waals surface area (Å²) in [6, 6.07) is 21.8. The molecule has 36 heavy (non-hydrogen) atoms. The van der Waals surface area contributed by atoms with E-state index in [1.54, 1.807) is 18.3 Å². The predicted octanol–water partition coefficient (Wildman–Crippen LogP) is 5.03. The first-order chi connectivity index (χ1) is 17.6. The molecule has 4 aromatic rings. The highest BCUT2D eigenvalue weighted by Gasteiger charge is 2.43. The predicted molar refractivity (Wildman–Crippen MR) is 136 cm³/mol. The van der Waals surface area contributed by atoms with Gasteiger partial charge in [0.05, 0.1) is 24.4 Å². The third-order valence-electron chi connectivity index (χ3n) is 6.25. The van der Waals surface area contributed by atoms with Gasteiger partial charge >= 0.3 is 5.97 Å². The number of carbonyl (C=O) groups excluding carboxylic acids is 1. The van der Waals surface area contributed by atoms with Gasteiger partial charge in [0, 0.05) is 23.5 Å². The molecule has 8 nitrogen and oxygen atoms in total. The number of benzene rings is 2. The number of hydrogen-bond donors (Lipinski definition) is 1. The Kier molecular flexibility index (Phi) is 5.54. The lowest BCUT2D eigenvalue weighted by atomic mass is 10.0. The number of ether oxygens (including phenoxy) is 3. The molecule has 180 valence electrons. The SMILES string of the molecule is COC(=O)c1ccccc1-c1ccc(C2C(c3ccccn3)NC(=S)N2c2ccc3c(c2)OCO3)o1. The lowest BCUT2D eigenvalue weighted by Crippen LogP contribution is -2.29. The zero-order valence-electron chi connectivity index (χ0n) is 19.2. The second-order valence-corrected chi connectivity index (χ2v) is 8.66. The largest absolute Gasteiger partial charge is 0.465 e. The second kappa shape index (κ2) is 9.01. The number of nitrogens with zero attached hydrogens (tertiary/aromatic N) is 2. The molecular weight excluding hydrogens is 478 g/mol. The number of carbonyl (C=O) groups is 1. The second-order valence-electron chi connectivity index (χ2n) is 8.27. The Balaban J connectivity index is 1.45. The first kappa shape index (κ1) is 22.1. The normalized spacial score (nSPS) is 18.2. The fourth-order valence-electron chi connectivity index (χ4n) is 4.60. The van der Waals surface area contributed by atoms with Crippen LogP contribution in [0.15, 0.2) is 83.4 Å². The molecule has 0 bridgehead atoms. The molecule has 2 aromatic heterocycles. The van der Waals surface area contributed by atoms with Gasteiger partial charge in [-0.25, -0.2) is 4.79 Å². The standard InChI is InChI=1S/C27H21N3O5S/c1-32-26(31)18-7-3-2-6-17(18)20-11-12-22(35-20)25-24(19-8-4-5-13-28-19)29-27(36)30(25)16-9-10-21-23(14-16)34-15-33-21/h2-14,24-25H,15H2,1H3,(H,29,36). The Morgan fingerprint density at radius 2 is 1.89 bits per heavy atom. The van der Waals surface area contributed by atoms with Crippen LogP contribution in [0.4, 0.5) is 5.69 Å². The molecule has 0 radical (unpaired) electrons. The summed E-state index contributed by atoms with van der Waals surface area (Å²) in [7, 11) is 1.36. The van der Waals surface area contributed by atoms with Crippen molar-refractivity contribution in [1.29, 1.82) is 0 Å². The van der Waals surface area contributed by atoms with Crippen molar-refractivity contribution in [2.45, 2.75) is 12.1 Å². The van der Waals surface area contributed by atoms with Gasteiger partial charge in [-0.3, -0.25) is 4.98 Å². The molecule has 2 aliphatic rings. The summed E-state index contributed by atoms with van der Waals surface area (Å²) >= 11 is 5.79. The summed E-state index contributed by atoms with van der Waals surface area (Å²) in [6.07, 6.45) is 1.75. The van der Waals surface area contributed by atoms with E-state index in [1.807, 2.05) is 65.6 Å². The number of hydrogen-bond acceptors (Lipinski definition) is 7. The van der Waals surface area contributed by atoms with Crippen molar-refractivity contribution in [3.05, 3.63) is 96.0 Å². The molecule has 1 N–H and O–H groups in total. The van der Waals surface area contributed by atoms with Crippen LogP contribution in [0, 0.1) is 0 Å². The van der Waals surface area contributed by atoms with Gasteiger partial charge in [-0.15, -0.1) is 0 Å². The molecule has 4 heterocycles. The van der Waals surface area contributed by atoms with Crippen LogP contribution in [0.1, 0.15) is 33.9 Å². The highest BCUT2D eigenvalue weighted by atomic mass is 32.1. The zero-order valence-corrected chi connectivity index (χ0v) is 20.0. The molecule has 6 rings (SSSR count). The lowest BCUT2D eigenvalue weighted by Gasteiger charge is -2.26. The Bertz CT molecular complexity index is 1450. The van der Waals surface area contributed by atoms with E-state index in [4.69, 9.17) is 30.8 Å². The molecule has 2 atom stereocenters. The van der Waals surface area contributed by atoms with Gasteiger partial charge in [0.1, 0.15) is 17.6 Å². The molecule has 2 aromatic carbocycles. The molecule has 1 saturated heterocycles. The number of pyridine rings is 1. The van der Waals surface area contributed by atoms with Crippen molar-refractivity contribution in [2.75, 3.05) is 18.8 Å². The van der Waals surface area contributed by atoms with Crippen LogP contribution < -0.4 is 19.7 Å². The van der Waals surface area contributed by atoms with Crippen LogP contribution in [-0.2, 0) is 4.74 Å². The van der Waals surface area contributed by atoms with Crippen LogP contribution in [-0.4, -0.2) is 30.0 Å². The number of fused-ring (bicyclic) bond motifs is 1. The summed E-state index contributed by atoms with van der Waals surface area (Å²) in [6.45, 7) is 0.183. The van der Waals surface area contributed by atoms with E-state index in [1.165, 1.54) is 7.11 Å². The number of aromatic nitrogens is 1. The van der Waals surface area contributed by atoms with Crippen molar-refractivity contribution in [3.8, 4) is 22.8 Å². The van der Waals surface area contributed by atoms with Crippen molar-refractivity contribution >= 4 is 29.0 Å². The van der Waals surface area contributed by atoms with Gasteiger partial charge in [-0.2, -0.15) is 0 Å². The molecule has 9 heteroatoms. The first-order valence-corrected chi connectivity index (χ1v) is 11.7. The van der Waals surface area contributed by atoms with Gasteiger partial charge in [-0.1, -0.05) is 24.3 Å². The van der Waals surface area contributed by atoms with Gasteiger partial charge in [0.25, 0.3) is 0 Å². The smallest absolute Gasteiger partial charge is 0.338 e. The third-order valence-corrected chi connectivity index (χ3v) is 6.56. The lowest BCUT2D eigenvalue weighted by molar-refractivity contribution is 0.0601. The summed E-state index contributed by atoms with van der Waals surface area (Å²) in [5, 5.41) is 3.94. The van der Waals surface area contributed by atoms with E-state index in [0.29, 0.717) is 39.3 Å². The minimum atomic E-state index is -0.430. The number of furan rings is 1. The summed E-state index contributed by atoms with van der Waals surface area (Å²) in [4.78, 5) is 18.9. The Hall–Kier alpha value is -4.37. The maximum absolute atomic E-state index is 12.4. The molecule has 1 fully saturated rings. The molecular formula is C27H21N3O5S. The van der Waals surface area contributed by atoms with Crippen molar-refractivity contribution < 1.29 is 23.4 Å². The van der Waals surface area contributed by atoms with Crippen molar-refractivity contribution in [2.24, 2.45) is 0 Å². The van der Waals surface area contributed by atoms with E-state index in [9.17, 15) is 4.79 Å². The maximum Gasteiger partial charge on any atom is 0.338 e. The van der Waals surface area contributed by atoms with E-state index in [0.717, 1.165) is 11.4 Å². The number of nitrogens with one attached hydrogen (secondary N) is 1. The van der Waals surface area contributed by atoms with E-state index in [-0.39, 0.29) is 18.9 Å². The van der Waals surface area contributed by atoms with Crippen molar-refractivity contribution in [1.82, 2.24) is 10.3 Å². The number of thiocarbonyl (C=S) groups is 1. The average Bonchev–Trinajstić information content (AvgIpc) is 3.66. The summed E-state index contributed by atoms with van der Waals surface area (Å²) in [5.74, 6) is 2.12. The third kappa shape index (κ3) is 3.74. The minimum absolute atomic E-state index is 0.183. The average molecular weight is 500 g/mol. The summed E-state index contributed by atoms with van der Waals surface area (Å²) in [5.41, 5.74) is 2.72. The highest BCUT2D eigenvalue weighted by molar-refractivity contribution is 7.80. The Morgan fingerprint density at radius 3 is 2.72 bits per heavy atom. The van der Waals surface area contributed by atoms with Crippen LogP contribution >= 0.6 is 12.2 Å². The molecule has 2 unspecified atom stereocenters. The van der Waals surface area contributed by atoms with Crippen LogP contribution in [0.3, 0.4) is 0 Å². The van der Waals surface area contributed by atoms with E-state index >= 15 is 0 Å².